The highest BCUT2D eigenvalue weighted by Crippen LogP contribution is 2.30. The second kappa shape index (κ2) is 5.31. The molecule has 1 amide bonds. The fraction of sp³-hybridized carbons (Fsp3) is 0.375. The fourth-order valence-corrected chi connectivity index (χ4v) is 2.59. The fourth-order valence-electron chi connectivity index (χ4n) is 2.59. The van der Waals surface area contributed by atoms with Crippen LogP contribution in [-0.4, -0.2) is 27.0 Å². The molecule has 4 nitrogen and oxygen atoms in total. The Labute approximate surface area is 123 Å². The Kier molecular flexibility index (Phi) is 3.49. The maximum atomic E-state index is 13.3. The lowest BCUT2D eigenvalue weighted by Gasteiger charge is -2.23. The van der Waals surface area contributed by atoms with Gasteiger partial charge < -0.3 is 4.90 Å². The van der Waals surface area contributed by atoms with Gasteiger partial charge in [-0.05, 0) is 44.4 Å². The standard InChI is InChI=1S/C16H18FN3O/c1-10-15(11(2)19-18-10)16(21)20(14-6-7-14)9-12-4-3-5-13(17)8-12/h3-5,8,14H,6-7,9H2,1-2H3,(H,18,19). The van der Waals surface area contributed by atoms with Crippen molar-refractivity contribution >= 4 is 5.91 Å². The molecule has 1 saturated carbocycles. The molecule has 1 aliphatic carbocycles. The molecule has 1 fully saturated rings. The molecule has 5 heteroatoms. The van der Waals surface area contributed by atoms with E-state index in [1.807, 2.05) is 24.8 Å². The molecule has 1 heterocycles. The number of nitrogens with one attached hydrogen (secondary N) is 1. The van der Waals surface area contributed by atoms with Crippen LogP contribution in [0.5, 0.6) is 0 Å². The number of carbonyl (C=O) groups excluding carboxylic acids is 1. The smallest absolute Gasteiger partial charge is 0.258 e. The van der Waals surface area contributed by atoms with Gasteiger partial charge in [0.25, 0.3) is 5.91 Å². The zero-order chi connectivity index (χ0) is 15.0. The Morgan fingerprint density at radius 2 is 2.19 bits per heavy atom. The molecular weight excluding hydrogens is 269 g/mol. The Morgan fingerprint density at radius 3 is 2.76 bits per heavy atom. The van der Waals surface area contributed by atoms with Crippen molar-refractivity contribution in [2.75, 3.05) is 0 Å². The number of hydrogen-bond donors (Lipinski definition) is 1. The molecule has 3 rings (SSSR count). The van der Waals surface area contributed by atoms with E-state index in [1.165, 1.54) is 12.1 Å². The van der Waals surface area contributed by atoms with E-state index < -0.39 is 0 Å². The summed E-state index contributed by atoms with van der Waals surface area (Å²) in [5.41, 5.74) is 2.94. The van der Waals surface area contributed by atoms with E-state index in [-0.39, 0.29) is 17.8 Å². The van der Waals surface area contributed by atoms with Crippen molar-refractivity contribution in [2.24, 2.45) is 0 Å². The minimum atomic E-state index is -0.272. The second-order valence-corrected chi connectivity index (χ2v) is 5.60. The van der Waals surface area contributed by atoms with Gasteiger partial charge in [0.1, 0.15) is 5.82 Å². The number of benzene rings is 1. The first-order chi connectivity index (χ1) is 10.1. The first kappa shape index (κ1) is 13.8. The number of aryl methyl sites for hydroxylation is 2. The average molecular weight is 287 g/mol. The number of carbonyl (C=O) groups is 1. The molecule has 0 radical (unpaired) electrons. The Morgan fingerprint density at radius 1 is 1.43 bits per heavy atom. The summed E-state index contributed by atoms with van der Waals surface area (Å²) in [6, 6.07) is 6.68. The lowest BCUT2D eigenvalue weighted by Crippen LogP contribution is -2.33. The van der Waals surface area contributed by atoms with Gasteiger partial charge in [0.2, 0.25) is 0 Å². The third kappa shape index (κ3) is 2.82. The van der Waals surface area contributed by atoms with Crippen LogP contribution in [0.25, 0.3) is 0 Å². The maximum absolute atomic E-state index is 13.3. The van der Waals surface area contributed by atoms with Gasteiger partial charge in [0, 0.05) is 18.3 Å². The van der Waals surface area contributed by atoms with Crippen LogP contribution >= 0.6 is 0 Å². The predicted molar refractivity (Wildman–Crippen MR) is 77.4 cm³/mol. The van der Waals surface area contributed by atoms with E-state index in [0.717, 1.165) is 24.1 Å². The topological polar surface area (TPSA) is 49.0 Å². The van der Waals surface area contributed by atoms with Crippen molar-refractivity contribution in [1.82, 2.24) is 15.1 Å². The summed E-state index contributed by atoms with van der Waals surface area (Å²) < 4.78 is 13.3. The molecule has 1 aliphatic rings. The second-order valence-electron chi connectivity index (χ2n) is 5.60. The first-order valence-electron chi connectivity index (χ1n) is 7.13. The van der Waals surface area contributed by atoms with Gasteiger partial charge in [-0.25, -0.2) is 4.39 Å². The number of halogens is 1. The van der Waals surface area contributed by atoms with Crippen LogP contribution in [0.3, 0.4) is 0 Å². The van der Waals surface area contributed by atoms with Gasteiger partial charge in [-0.1, -0.05) is 12.1 Å². The maximum Gasteiger partial charge on any atom is 0.258 e. The zero-order valence-electron chi connectivity index (χ0n) is 12.2. The monoisotopic (exact) mass is 287 g/mol. The molecule has 0 unspecified atom stereocenters. The number of H-pyrrole nitrogens is 1. The highest BCUT2D eigenvalue weighted by atomic mass is 19.1. The highest BCUT2D eigenvalue weighted by molar-refractivity contribution is 5.96. The average Bonchev–Trinajstić information content (AvgIpc) is 3.22. The van der Waals surface area contributed by atoms with E-state index in [1.54, 1.807) is 6.07 Å². The molecule has 1 aromatic heterocycles. The van der Waals surface area contributed by atoms with E-state index in [0.29, 0.717) is 17.8 Å². The number of rotatable bonds is 4. The molecule has 0 bridgehead atoms. The van der Waals surface area contributed by atoms with Crippen molar-refractivity contribution in [1.29, 1.82) is 0 Å². The lowest BCUT2D eigenvalue weighted by atomic mass is 10.1. The van der Waals surface area contributed by atoms with E-state index in [9.17, 15) is 9.18 Å². The Hall–Kier alpha value is -2.17. The highest BCUT2D eigenvalue weighted by Gasteiger charge is 2.34. The largest absolute Gasteiger partial charge is 0.331 e. The third-order valence-corrected chi connectivity index (χ3v) is 3.83. The molecule has 1 N–H and O–H groups in total. The van der Waals surface area contributed by atoms with Gasteiger partial charge in [0.15, 0.2) is 0 Å². The van der Waals surface area contributed by atoms with Crippen LogP contribution in [-0.2, 0) is 6.54 Å². The van der Waals surface area contributed by atoms with Gasteiger partial charge in [0.05, 0.1) is 11.3 Å². The summed E-state index contributed by atoms with van der Waals surface area (Å²) in [5.74, 6) is -0.295. The lowest BCUT2D eigenvalue weighted by molar-refractivity contribution is 0.0728. The van der Waals surface area contributed by atoms with Crippen molar-refractivity contribution < 1.29 is 9.18 Å². The SMILES string of the molecule is Cc1n[nH]c(C)c1C(=O)N(Cc1cccc(F)c1)C1CC1. The summed E-state index contributed by atoms with van der Waals surface area (Å²) in [5, 5.41) is 6.94. The summed E-state index contributed by atoms with van der Waals surface area (Å²) in [6.45, 7) is 4.11. The molecule has 0 spiro atoms. The van der Waals surface area contributed by atoms with E-state index in [4.69, 9.17) is 0 Å². The van der Waals surface area contributed by atoms with Crippen molar-refractivity contribution in [2.45, 2.75) is 39.3 Å². The Balaban J connectivity index is 1.87. The van der Waals surface area contributed by atoms with Crippen molar-refractivity contribution in [3.8, 4) is 0 Å². The van der Waals surface area contributed by atoms with Gasteiger partial charge in [-0.3, -0.25) is 9.89 Å². The molecule has 0 saturated heterocycles. The summed E-state index contributed by atoms with van der Waals surface area (Å²) in [6.07, 6.45) is 2.02. The number of amides is 1. The molecular formula is C16H18FN3O. The number of nitrogens with zero attached hydrogens (tertiary/aromatic N) is 2. The summed E-state index contributed by atoms with van der Waals surface area (Å²) in [4.78, 5) is 14.6. The van der Waals surface area contributed by atoms with Gasteiger partial charge in [-0.15, -0.1) is 0 Å². The molecule has 21 heavy (non-hydrogen) atoms. The predicted octanol–water partition coefficient (Wildman–Crippen LogP) is 2.97. The first-order valence-corrected chi connectivity index (χ1v) is 7.13. The van der Waals surface area contributed by atoms with Crippen LogP contribution in [0.15, 0.2) is 24.3 Å². The quantitative estimate of drug-likeness (QED) is 0.940. The van der Waals surface area contributed by atoms with Crippen LogP contribution in [0.2, 0.25) is 0 Å². The van der Waals surface area contributed by atoms with E-state index >= 15 is 0 Å². The molecule has 1 aromatic carbocycles. The summed E-state index contributed by atoms with van der Waals surface area (Å²) >= 11 is 0. The van der Waals surface area contributed by atoms with E-state index in [2.05, 4.69) is 10.2 Å². The molecule has 0 atom stereocenters. The Bertz CT molecular complexity index is 656. The molecule has 110 valence electrons. The van der Waals surface area contributed by atoms with Gasteiger partial charge in [-0.2, -0.15) is 5.10 Å². The number of aromatic amines is 1. The molecule has 2 aromatic rings. The minimum Gasteiger partial charge on any atom is -0.331 e. The molecule has 0 aliphatic heterocycles. The van der Waals surface area contributed by atoms with Crippen LogP contribution in [0.4, 0.5) is 4.39 Å². The number of aromatic nitrogens is 2. The van der Waals surface area contributed by atoms with Crippen molar-refractivity contribution in [3.05, 3.63) is 52.6 Å². The third-order valence-electron chi connectivity index (χ3n) is 3.83. The van der Waals surface area contributed by atoms with Crippen LogP contribution in [0.1, 0.15) is 40.2 Å². The zero-order valence-corrected chi connectivity index (χ0v) is 12.2. The summed E-state index contributed by atoms with van der Waals surface area (Å²) in [7, 11) is 0. The van der Waals surface area contributed by atoms with Gasteiger partial charge >= 0.3 is 0 Å². The minimum absolute atomic E-state index is 0.0227. The number of hydrogen-bond acceptors (Lipinski definition) is 2. The van der Waals surface area contributed by atoms with Crippen LogP contribution < -0.4 is 0 Å². The van der Waals surface area contributed by atoms with Crippen molar-refractivity contribution in [3.63, 3.8) is 0 Å². The normalized spacial score (nSPS) is 14.2. The van der Waals surface area contributed by atoms with Crippen LogP contribution in [0, 0.1) is 19.7 Å².